The number of aromatic nitrogens is 5. The Labute approximate surface area is 179 Å². The third-order valence-electron chi connectivity index (χ3n) is 5.86. The summed E-state index contributed by atoms with van der Waals surface area (Å²) in [6.07, 6.45) is 2.31. The largest absolute Gasteiger partial charge is 0.424 e. The van der Waals surface area contributed by atoms with Gasteiger partial charge in [-0.25, -0.2) is 4.68 Å². The first-order valence-electron chi connectivity index (χ1n) is 10.1. The SMILES string of the molecule is Cc1cc(Cl)cc(Oc2nc(NC3C4CCC3CN(c3nnc(C)o3)C4)nn2C)c1. The van der Waals surface area contributed by atoms with Crippen molar-refractivity contribution in [2.24, 2.45) is 18.9 Å². The first-order valence-corrected chi connectivity index (χ1v) is 10.5. The van der Waals surface area contributed by atoms with E-state index >= 15 is 0 Å². The fourth-order valence-corrected chi connectivity index (χ4v) is 4.84. The fraction of sp³-hybridized carbons (Fsp3) is 0.500. The van der Waals surface area contributed by atoms with Crippen molar-refractivity contribution in [3.8, 4) is 11.8 Å². The van der Waals surface area contributed by atoms with E-state index in [0.717, 1.165) is 31.5 Å². The van der Waals surface area contributed by atoms with Crippen LogP contribution in [0.15, 0.2) is 22.6 Å². The zero-order valence-electron chi connectivity index (χ0n) is 17.2. The highest BCUT2D eigenvalue weighted by Gasteiger charge is 2.43. The highest BCUT2D eigenvalue weighted by molar-refractivity contribution is 6.30. The lowest BCUT2D eigenvalue weighted by molar-refractivity contribution is 0.357. The Morgan fingerprint density at radius 2 is 1.90 bits per heavy atom. The van der Waals surface area contributed by atoms with Crippen LogP contribution in [0.1, 0.15) is 24.3 Å². The summed E-state index contributed by atoms with van der Waals surface area (Å²) in [5, 5.41) is 16.8. The van der Waals surface area contributed by atoms with Gasteiger partial charge in [0.1, 0.15) is 5.75 Å². The van der Waals surface area contributed by atoms with Crippen molar-refractivity contribution in [3.63, 3.8) is 0 Å². The van der Waals surface area contributed by atoms with E-state index in [1.807, 2.05) is 33.0 Å². The van der Waals surface area contributed by atoms with Crippen molar-refractivity contribution >= 4 is 23.6 Å². The molecule has 1 saturated heterocycles. The van der Waals surface area contributed by atoms with Crippen LogP contribution >= 0.6 is 11.6 Å². The summed E-state index contributed by atoms with van der Waals surface area (Å²) in [4.78, 5) is 6.75. The number of benzene rings is 1. The van der Waals surface area contributed by atoms with E-state index in [4.69, 9.17) is 20.8 Å². The highest BCUT2D eigenvalue weighted by Crippen LogP contribution is 2.39. The monoisotopic (exact) mass is 429 g/mol. The van der Waals surface area contributed by atoms with Crippen LogP contribution < -0.4 is 15.0 Å². The number of aryl methyl sites for hydroxylation is 3. The molecule has 5 rings (SSSR count). The van der Waals surface area contributed by atoms with Crippen LogP contribution in [0.25, 0.3) is 0 Å². The van der Waals surface area contributed by atoms with Crippen LogP contribution in [-0.2, 0) is 7.05 Å². The van der Waals surface area contributed by atoms with E-state index in [9.17, 15) is 0 Å². The molecule has 2 bridgehead atoms. The molecule has 0 spiro atoms. The Kier molecular flexibility index (Phi) is 4.77. The van der Waals surface area contributed by atoms with Crippen molar-refractivity contribution in [3.05, 3.63) is 34.7 Å². The van der Waals surface area contributed by atoms with Crippen LogP contribution in [0.2, 0.25) is 5.02 Å². The van der Waals surface area contributed by atoms with Gasteiger partial charge in [-0.05, 0) is 55.4 Å². The lowest BCUT2D eigenvalue weighted by atomic mass is 9.92. The Morgan fingerprint density at radius 3 is 2.57 bits per heavy atom. The number of fused-ring (bicyclic) bond motifs is 2. The molecule has 0 radical (unpaired) electrons. The smallest absolute Gasteiger partial charge is 0.321 e. The number of rotatable bonds is 5. The predicted octanol–water partition coefficient (Wildman–Crippen LogP) is 3.59. The molecule has 3 aromatic rings. The minimum atomic E-state index is 0.314. The van der Waals surface area contributed by atoms with Crippen LogP contribution in [-0.4, -0.2) is 44.1 Å². The molecular weight excluding hydrogens is 406 g/mol. The Hall–Kier alpha value is -2.81. The first kappa shape index (κ1) is 19.2. The second kappa shape index (κ2) is 7.46. The maximum Gasteiger partial charge on any atom is 0.321 e. The normalized spacial score (nSPS) is 23.1. The number of halogens is 1. The highest BCUT2D eigenvalue weighted by atomic mass is 35.5. The van der Waals surface area contributed by atoms with E-state index in [1.165, 1.54) is 0 Å². The summed E-state index contributed by atoms with van der Waals surface area (Å²) in [6.45, 7) is 5.55. The number of nitrogens with one attached hydrogen (secondary N) is 1. The standard InChI is InChI=1S/C20H24ClN7O2/c1-11-6-15(21)8-16(7-11)30-19-23-18(26-27(19)3)22-17-13-4-5-14(17)10-28(9-13)20-25-24-12(2)29-20/h6-8,13-14,17H,4-5,9-10H2,1-3H3,(H,22,26). The lowest BCUT2D eigenvalue weighted by Crippen LogP contribution is -2.48. The Balaban J connectivity index is 1.28. The molecule has 1 aliphatic carbocycles. The molecule has 2 atom stereocenters. The summed E-state index contributed by atoms with van der Waals surface area (Å²) >= 11 is 6.13. The minimum absolute atomic E-state index is 0.314. The van der Waals surface area contributed by atoms with Crippen molar-refractivity contribution in [1.29, 1.82) is 0 Å². The van der Waals surface area contributed by atoms with Gasteiger partial charge >= 0.3 is 12.0 Å². The molecule has 2 unspecified atom stereocenters. The number of anilines is 2. The number of hydrogen-bond donors (Lipinski definition) is 1. The van der Waals surface area contributed by atoms with E-state index in [1.54, 1.807) is 10.7 Å². The summed E-state index contributed by atoms with van der Waals surface area (Å²) in [7, 11) is 1.82. The molecule has 10 heteroatoms. The van der Waals surface area contributed by atoms with E-state index in [0.29, 0.717) is 52.5 Å². The number of nitrogens with zero attached hydrogens (tertiary/aromatic N) is 6. The van der Waals surface area contributed by atoms with Crippen molar-refractivity contribution in [2.75, 3.05) is 23.3 Å². The van der Waals surface area contributed by atoms with Gasteiger partial charge in [-0.1, -0.05) is 16.7 Å². The molecule has 158 valence electrons. The van der Waals surface area contributed by atoms with Gasteiger partial charge in [0, 0.05) is 38.1 Å². The van der Waals surface area contributed by atoms with Gasteiger partial charge in [-0.3, -0.25) is 0 Å². The van der Waals surface area contributed by atoms with Gasteiger partial charge < -0.3 is 19.4 Å². The summed E-state index contributed by atoms with van der Waals surface area (Å²) < 4.78 is 13.2. The summed E-state index contributed by atoms with van der Waals surface area (Å²) in [5.41, 5.74) is 1.03. The lowest BCUT2D eigenvalue weighted by Gasteiger charge is -2.37. The molecule has 2 fully saturated rings. The van der Waals surface area contributed by atoms with Gasteiger partial charge in [-0.2, -0.15) is 4.98 Å². The minimum Gasteiger partial charge on any atom is -0.424 e. The maximum atomic E-state index is 6.13. The van der Waals surface area contributed by atoms with E-state index in [2.05, 4.69) is 30.5 Å². The third kappa shape index (κ3) is 3.69. The summed E-state index contributed by atoms with van der Waals surface area (Å²) in [6, 6.07) is 6.93. The van der Waals surface area contributed by atoms with Crippen molar-refractivity contribution < 1.29 is 9.15 Å². The topological polar surface area (TPSA) is 94.1 Å². The van der Waals surface area contributed by atoms with Gasteiger partial charge in [0.05, 0.1) is 0 Å². The molecule has 2 aromatic heterocycles. The molecule has 1 aliphatic heterocycles. The van der Waals surface area contributed by atoms with Gasteiger partial charge in [-0.15, -0.1) is 10.2 Å². The maximum absolute atomic E-state index is 6.13. The molecule has 9 nitrogen and oxygen atoms in total. The van der Waals surface area contributed by atoms with Crippen LogP contribution in [0, 0.1) is 25.7 Å². The number of piperidine rings is 1. The second-order valence-electron chi connectivity index (χ2n) is 8.18. The molecule has 2 aliphatic rings. The molecule has 1 aromatic carbocycles. The zero-order chi connectivity index (χ0) is 20.8. The molecule has 3 heterocycles. The third-order valence-corrected chi connectivity index (χ3v) is 6.08. The number of ether oxygens (including phenoxy) is 1. The van der Waals surface area contributed by atoms with E-state index in [-0.39, 0.29) is 0 Å². The van der Waals surface area contributed by atoms with E-state index < -0.39 is 0 Å². The molecule has 1 N–H and O–H groups in total. The molecule has 0 amide bonds. The second-order valence-corrected chi connectivity index (χ2v) is 8.62. The quantitative estimate of drug-likeness (QED) is 0.657. The first-order chi connectivity index (χ1) is 14.4. The summed E-state index contributed by atoms with van der Waals surface area (Å²) in [5.74, 6) is 2.76. The number of hydrogen-bond acceptors (Lipinski definition) is 8. The van der Waals surface area contributed by atoms with Crippen molar-refractivity contribution in [2.45, 2.75) is 32.7 Å². The van der Waals surface area contributed by atoms with Crippen LogP contribution in [0.5, 0.6) is 11.8 Å². The molecule has 30 heavy (non-hydrogen) atoms. The molecule has 1 saturated carbocycles. The zero-order valence-corrected chi connectivity index (χ0v) is 17.9. The Bertz CT molecular complexity index is 1030. The average molecular weight is 430 g/mol. The van der Waals surface area contributed by atoms with Gasteiger partial charge in [0.2, 0.25) is 11.8 Å². The van der Waals surface area contributed by atoms with Gasteiger partial charge in [0.15, 0.2) is 0 Å². The Morgan fingerprint density at radius 1 is 1.13 bits per heavy atom. The predicted molar refractivity (Wildman–Crippen MR) is 112 cm³/mol. The fourth-order valence-electron chi connectivity index (χ4n) is 4.56. The molecular formula is C20H24ClN7O2. The van der Waals surface area contributed by atoms with Crippen LogP contribution in [0.4, 0.5) is 12.0 Å². The van der Waals surface area contributed by atoms with Gasteiger partial charge in [0.25, 0.3) is 0 Å². The van der Waals surface area contributed by atoms with Crippen LogP contribution in [0.3, 0.4) is 0 Å². The van der Waals surface area contributed by atoms with Crippen molar-refractivity contribution in [1.82, 2.24) is 25.0 Å². The average Bonchev–Trinajstić information content (AvgIpc) is 3.31.